The number of hydrogen-bond acceptors (Lipinski definition) is 3. The number of nitrogens with two attached hydrogens (primary N) is 1. The molecule has 3 nitrogen and oxygen atoms in total. The van der Waals surface area contributed by atoms with Gasteiger partial charge >= 0.3 is 5.97 Å². The zero-order valence-corrected chi connectivity index (χ0v) is 8.79. The molecule has 0 unspecified atom stereocenters. The van der Waals surface area contributed by atoms with E-state index in [-0.39, 0.29) is 11.7 Å². The lowest BCUT2D eigenvalue weighted by Gasteiger charge is -2.18. The molecule has 1 rings (SSSR count). The van der Waals surface area contributed by atoms with E-state index in [0.717, 1.165) is 12.8 Å². The standard InChI is InChI=1S/C11H19NO2/c1-2-14-11(13)10(12)8-9-6-4-3-5-7-9/h8-9H,2-7,12H2,1H3. The molecule has 0 saturated heterocycles. The average molecular weight is 197 g/mol. The lowest BCUT2D eigenvalue weighted by Crippen LogP contribution is -2.17. The van der Waals surface area contributed by atoms with Crippen molar-refractivity contribution in [2.24, 2.45) is 11.7 Å². The number of rotatable bonds is 3. The molecule has 0 aromatic carbocycles. The summed E-state index contributed by atoms with van der Waals surface area (Å²) in [7, 11) is 0. The summed E-state index contributed by atoms with van der Waals surface area (Å²) < 4.78 is 4.81. The maximum absolute atomic E-state index is 11.2. The molecule has 1 aliphatic carbocycles. The quantitative estimate of drug-likeness (QED) is 0.556. The van der Waals surface area contributed by atoms with Gasteiger partial charge in [0.15, 0.2) is 0 Å². The molecule has 0 radical (unpaired) electrons. The fourth-order valence-corrected chi connectivity index (χ4v) is 1.84. The van der Waals surface area contributed by atoms with Crippen LogP contribution in [0.25, 0.3) is 0 Å². The Morgan fingerprint density at radius 1 is 1.43 bits per heavy atom. The Labute approximate surface area is 85.3 Å². The first-order valence-electron chi connectivity index (χ1n) is 5.38. The molecule has 1 saturated carbocycles. The summed E-state index contributed by atoms with van der Waals surface area (Å²) in [6.07, 6.45) is 7.98. The van der Waals surface area contributed by atoms with E-state index in [1.165, 1.54) is 19.3 Å². The molecule has 0 aromatic heterocycles. The molecule has 1 fully saturated rings. The van der Waals surface area contributed by atoms with Crippen LogP contribution < -0.4 is 5.73 Å². The molecule has 0 heterocycles. The second-order valence-electron chi connectivity index (χ2n) is 3.74. The van der Waals surface area contributed by atoms with E-state index in [9.17, 15) is 4.79 Å². The lowest BCUT2D eigenvalue weighted by atomic mass is 9.89. The number of carbonyl (C=O) groups excluding carboxylic acids is 1. The van der Waals surface area contributed by atoms with Crippen molar-refractivity contribution in [3.63, 3.8) is 0 Å². The highest BCUT2D eigenvalue weighted by molar-refractivity contribution is 5.87. The summed E-state index contributed by atoms with van der Waals surface area (Å²) in [5, 5.41) is 0. The van der Waals surface area contributed by atoms with Crippen LogP contribution >= 0.6 is 0 Å². The molecule has 1 aliphatic rings. The SMILES string of the molecule is CCOC(=O)C(N)=CC1CCCCC1. The van der Waals surface area contributed by atoms with Crippen LogP contribution in [0.15, 0.2) is 11.8 Å². The predicted molar refractivity (Wildman–Crippen MR) is 55.5 cm³/mol. The summed E-state index contributed by atoms with van der Waals surface area (Å²) in [4.78, 5) is 11.2. The van der Waals surface area contributed by atoms with Crippen LogP contribution in [0, 0.1) is 5.92 Å². The van der Waals surface area contributed by atoms with Crippen molar-refractivity contribution in [1.29, 1.82) is 0 Å². The number of esters is 1. The molecule has 3 heteroatoms. The Balaban J connectivity index is 2.44. The van der Waals surface area contributed by atoms with Gasteiger partial charge in [0.2, 0.25) is 0 Å². The molecule has 2 N–H and O–H groups in total. The second-order valence-corrected chi connectivity index (χ2v) is 3.74. The highest BCUT2D eigenvalue weighted by atomic mass is 16.5. The van der Waals surface area contributed by atoms with Gasteiger partial charge in [-0.25, -0.2) is 4.79 Å². The summed E-state index contributed by atoms with van der Waals surface area (Å²) in [5.41, 5.74) is 5.90. The van der Waals surface area contributed by atoms with E-state index in [1.54, 1.807) is 6.92 Å². The van der Waals surface area contributed by atoms with E-state index < -0.39 is 0 Å². The zero-order valence-electron chi connectivity index (χ0n) is 8.79. The third kappa shape index (κ3) is 3.40. The largest absolute Gasteiger partial charge is 0.461 e. The molecule has 0 spiro atoms. The molecule has 0 aromatic rings. The minimum absolute atomic E-state index is 0.277. The summed E-state index contributed by atoms with van der Waals surface area (Å²) in [6.45, 7) is 2.17. The molecule has 0 amide bonds. The topological polar surface area (TPSA) is 52.3 Å². The zero-order chi connectivity index (χ0) is 10.4. The normalized spacial score (nSPS) is 19.4. The van der Waals surface area contributed by atoms with Gasteiger partial charge in [0.1, 0.15) is 5.70 Å². The lowest BCUT2D eigenvalue weighted by molar-refractivity contribution is -0.138. The minimum Gasteiger partial charge on any atom is -0.461 e. The first-order valence-corrected chi connectivity index (χ1v) is 5.38. The molecular formula is C11H19NO2. The number of ether oxygens (including phenoxy) is 1. The van der Waals surface area contributed by atoms with Crippen LogP contribution in [0.1, 0.15) is 39.0 Å². The number of carbonyl (C=O) groups is 1. The van der Waals surface area contributed by atoms with Gasteiger partial charge in [-0.2, -0.15) is 0 Å². The Bertz CT molecular complexity index is 217. The highest BCUT2D eigenvalue weighted by Gasteiger charge is 2.14. The Kier molecular flexibility index (Phi) is 4.50. The van der Waals surface area contributed by atoms with Crippen molar-refractivity contribution in [2.45, 2.75) is 39.0 Å². The highest BCUT2D eigenvalue weighted by Crippen LogP contribution is 2.25. The third-order valence-electron chi connectivity index (χ3n) is 2.58. The molecule has 0 bridgehead atoms. The van der Waals surface area contributed by atoms with Gasteiger partial charge in [-0.15, -0.1) is 0 Å². The second kappa shape index (κ2) is 5.68. The summed E-state index contributed by atoms with van der Waals surface area (Å²) in [6, 6.07) is 0. The van der Waals surface area contributed by atoms with Crippen molar-refractivity contribution >= 4 is 5.97 Å². The Morgan fingerprint density at radius 2 is 2.07 bits per heavy atom. The van der Waals surface area contributed by atoms with Crippen LogP contribution in [0.2, 0.25) is 0 Å². The molecule has 0 aliphatic heterocycles. The predicted octanol–water partition coefficient (Wildman–Crippen LogP) is 1.97. The van der Waals surface area contributed by atoms with Gasteiger partial charge in [0, 0.05) is 0 Å². The Hall–Kier alpha value is -0.990. The minimum atomic E-state index is -0.377. The van der Waals surface area contributed by atoms with Gasteiger partial charge in [0.25, 0.3) is 0 Å². The monoisotopic (exact) mass is 197 g/mol. The van der Waals surface area contributed by atoms with Gasteiger partial charge in [-0.05, 0) is 25.7 Å². The van der Waals surface area contributed by atoms with Crippen molar-refractivity contribution in [3.05, 3.63) is 11.8 Å². The van der Waals surface area contributed by atoms with Crippen molar-refractivity contribution in [3.8, 4) is 0 Å². The van der Waals surface area contributed by atoms with Gasteiger partial charge < -0.3 is 10.5 Å². The van der Waals surface area contributed by atoms with Crippen LogP contribution in [0.4, 0.5) is 0 Å². The maximum atomic E-state index is 11.2. The van der Waals surface area contributed by atoms with E-state index in [1.807, 2.05) is 6.08 Å². The van der Waals surface area contributed by atoms with Crippen LogP contribution in [0.3, 0.4) is 0 Å². The van der Waals surface area contributed by atoms with E-state index >= 15 is 0 Å². The molecule has 80 valence electrons. The van der Waals surface area contributed by atoms with E-state index in [4.69, 9.17) is 10.5 Å². The van der Waals surface area contributed by atoms with Gasteiger partial charge in [-0.3, -0.25) is 0 Å². The smallest absolute Gasteiger partial charge is 0.353 e. The van der Waals surface area contributed by atoms with Crippen LogP contribution in [-0.2, 0) is 9.53 Å². The Morgan fingerprint density at radius 3 is 2.64 bits per heavy atom. The first kappa shape index (κ1) is 11.1. The van der Waals surface area contributed by atoms with Crippen molar-refractivity contribution in [2.75, 3.05) is 6.61 Å². The molecule has 0 atom stereocenters. The fourth-order valence-electron chi connectivity index (χ4n) is 1.84. The van der Waals surface area contributed by atoms with Gasteiger partial charge in [-0.1, -0.05) is 25.3 Å². The molecular weight excluding hydrogens is 178 g/mol. The third-order valence-corrected chi connectivity index (χ3v) is 2.58. The maximum Gasteiger partial charge on any atom is 0.353 e. The van der Waals surface area contributed by atoms with E-state index in [0.29, 0.717) is 12.5 Å². The van der Waals surface area contributed by atoms with Gasteiger partial charge in [0.05, 0.1) is 6.61 Å². The van der Waals surface area contributed by atoms with Crippen molar-refractivity contribution < 1.29 is 9.53 Å². The van der Waals surface area contributed by atoms with Crippen LogP contribution in [0.5, 0.6) is 0 Å². The van der Waals surface area contributed by atoms with Crippen LogP contribution in [-0.4, -0.2) is 12.6 Å². The average Bonchev–Trinajstić information content (AvgIpc) is 2.19. The molecule has 14 heavy (non-hydrogen) atoms. The number of hydrogen-bond donors (Lipinski definition) is 1. The van der Waals surface area contributed by atoms with E-state index in [2.05, 4.69) is 0 Å². The summed E-state index contributed by atoms with van der Waals surface area (Å²) in [5.74, 6) is 0.103. The fraction of sp³-hybridized carbons (Fsp3) is 0.727. The first-order chi connectivity index (χ1) is 6.74. The number of allylic oxidation sites excluding steroid dienone is 1. The summed E-state index contributed by atoms with van der Waals surface area (Å²) >= 11 is 0. The van der Waals surface area contributed by atoms with Crippen molar-refractivity contribution in [1.82, 2.24) is 0 Å².